The molecule has 0 radical (unpaired) electrons. The van der Waals surface area contributed by atoms with E-state index >= 15 is 0 Å². The smallest absolute Gasteiger partial charge is 0.219 e. The molecule has 1 rings (SSSR count). The fraction of sp³-hybridized carbons (Fsp3) is 0.941. The number of carbonyl (C=O) groups excluding carboxylic acids is 1. The number of rotatable bonds is 7. The summed E-state index contributed by atoms with van der Waals surface area (Å²) in [5.74, 6) is 1.12. The zero-order chi connectivity index (χ0) is 16.0. The lowest BCUT2D eigenvalue weighted by Crippen LogP contribution is -2.56. The lowest BCUT2D eigenvalue weighted by molar-refractivity contribution is -0.144. The van der Waals surface area contributed by atoms with Crippen molar-refractivity contribution in [3.8, 4) is 0 Å². The molecular formula is C17H33NO3. The van der Waals surface area contributed by atoms with Gasteiger partial charge in [0.1, 0.15) is 0 Å². The van der Waals surface area contributed by atoms with Crippen LogP contribution in [0.25, 0.3) is 0 Å². The number of hydrogen-bond donors (Lipinski definition) is 2. The minimum absolute atomic E-state index is 0.0347. The SMILES string of the molecule is CCC[C@@H](CC1(O)CN(C(C)=O)CCC1CCO)C(C)C. The van der Waals surface area contributed by atoms with Crippen LogP contribution in [0.3, 0.4) is 0 Å². The maximum atomic E-state index is 11.7. The van der Waals surface area contributed by atoms with Crippen LogP contribution in [-0.2, 0) is 4.79 Å². The molecule has 1 fully saturated rings. The van der Waals surface area contributed by atoms with Crippen molar-refractivity contribution in [2.24, 2.45) is 17.8 Å². The fourth-order valence-electron chi connectivity index (χ4n) is 3.68. The van der Waals surface area contributed by atoms with Gasteiger partial charge >= 0.3 is 0 Å². The number of aliphatic hydroxyl groups is 2. The zero-order valence-corrected chi connectivity index (χ0v) is 14.1. The van der Waals surface area contributed by atoms with E-state index in [1.807, 2.05) is 0 Å². The minimum Gasteiger partial charge on any atom is -0.396 e. The molecule has 0 bridgehead atoms. The summed E-state index contributed by atoms with van der Waals surface area (Å²) in [6.07, 6.45) is 4.35. The normalized spacial score (nSPS) is 28.0. The Morgan fingerprint density at radius 1 is 1.43 bits per heavy atom. The number of likely N-dealkylation sites (tertiary alicyclic amines) is 1. The lowest BCUT2D eigenvalue weighted by atomic mass is 9.71. The van der Waals surface area contributed by atoms with Gasteiger partial charge in [0.15, 0.2) is 0 Å². The minimum atomic E-state index is -0.850. The van der Waals surface area contributed by atoms with E-state index < -0.39 is 5.60 Å². The Morgan fingerprint density at radius 2 is 2.10 bits per heavy atom. The Kier molecular flexibility index (Phi) is 7.14. The Morgan fingerprint density at radius 3 is 2.57 bits per heavy atom. The Balaban J connectivity index is 2.87. The second-order valence-electron chi connectivity index (χ2n) is 7.04. The van der Waals surface area contributed by atoms with Crippen molar-refractivity contribution in [3.63, 3.8) is 0 Å². The van der Waals surface area contributed by atoms with Gasteiger partial charge in [-0.3, -0.25) is 4.79 Å². The van der Waals surface area contributed by atoms with E-state index in [4.69, 9.17) is 0 Å². The predicted octanol–water partition coefficient (Wildman–Crippen LogP) is 2.43. The van der Waals surface area contributed by atoms with E-state index in [2.05, 4.69) is 20.8 Å². The van der Waals surface area contributed by atoms with E-state index in [0.29, 0.717) is 31.3 Å². The second-order valence-corrected chi connectivity index (χ2v) is 7.04. The van der Waals surface area contributed by atoms with Gasteiger partial charge in [-0.1, -0.05) is 33.6 Å². The Labute approximate surface area is 129 Å². The van der Waals surface area contributed by atoms with Crippen molar-refractivity contribution in [1.82, 2.24) is 4.90 Å². The quantitative estimate of drug-likeness (QED) is 0.759. The van der Waals surface area contributed by atoms with Crippen molar-refractivity contribution in [3.05, 3.63) is 0 Å². The third kappa shape index (κ3) is 4.96. The molecule has 1 aliphatic heterocycles. The standard InChI is InChI=1S/C17H33NO3/c1-5-6-15(13(2)3)11-17(21)12-18(14(4)20)9-7-16(17)8-10-19/h13,15-16,19,21H,5-12H2,1-4H3/t15-,16?,17?/m0/s1. The second kappa shape index (κ2) is 8.14. The monoisotopic (exact) mass is 299 g/mol. The van der Waals surface area contributed by atoms with Crippen LogP contribution >= 0.6 is 0 Å². The van der Waals surface area contributed by atoms with Gasteiger partial charge < -0.3 is 15.1 Å². The first-order valence-corrected chi connectivity index (χ1v) is 8.42. The topological polar surface area (TPSA) is 60.8 Å². The van der Waals surface area contributed by atoms with Gasteiger partial charge in [0.05, 0.1) is 5.60 Å². The zero-order valence-electron chi connectivity index (χ0n) is 14.1. The molecule has 1 aliphatic rings. The molecule has 1 amide bonds. The molecule has 3 atom stereocenters. The first-order valence-electron chi connectivity index (χ1n) is 8.42. The number of β-amino-alcohol motifs (C(OH)–C–C–N with tert-alkyl or cyclic N) is 1. The summed E-state index contributed by atoms with van der Waals surface area (Å²) >= 11 is 0. The molecule has 0 aliphatic carbocycles. The van der Waals surface area contributed by atoms with E-state index in [1.165, 1.54) is 0 Å². The van der Waals surface area contributed by atoms with Gasteiger partial charge in [0.25, 0.3) is 0 Å². The molecule has 0 saturated carbocycles. The van der Waals surface area contributed by atoms with Crippen molar-refractivity contribution >= 4 is 5.91 Å². The Hall–Kier alpha value is -0.610. The van der Waals surface area contributed by atoms with Gasteiger partial charge in [-0.05, 0) is 37.0 Å². The summed E-state index contributed by atoms with van der Waals surface area (Å²) in [6, 6.07) is 0. The maximum Gasteiger partial charge on any atom is 0.219 e. The third-order valence-electron chi connectivity index (χ3n) is 5.11. The molecule has 0 aromatic heterocycles. The highest BCUT2D eigenvalue weighted by Gasteiger charge is 2.43. The van der Waals surface area contributed by atoms with Crippen LogP contribution in [0, 0.1) is 17.8 Å². The number of amides is 1. The van der Waals surface area contributed by atoms with Crippen molar-refractivity contribution < 1.29 is 15.0 Å². The highest BCUT2D eigenvalue weighted by atomic mass is 16.3. The summed E-state index contributed by atoms with van der Waals surface area (Å²) in [7, 11) is 0. The van der Waals surface area contributed by atoms with Crippen LogP contribution in [0.2, 0.25) is 0 Å². The summed E-state index contributed by atoms with van der Waals surface area (Å²) in [5, 5.41) is 20.5. The molecule has 21 heavy (non-hydrogen) atoms. The molecule has 1 saturated heterocycles. The van der Waals surface area contributed by atoms with Gasteiger partial charge in [-0.2, -0.15) is 0 Å². The summed E-state index contributed by atoms with van der Waals surface area (Å²) in [6.45, 7) is 9.37. The fourth-order valence-corrected chi connectivity index (χ4v) is 3.68. The van der Waals surface area contributed by atoms with E-state index in [9.17, 15) is 15.0 Å². The number of nitrogens with zero attached hydrogens (tertiary/aromatic N) is 1. The number of piperidine rings is 1. The molecule has 0 spiro atoms. The maximum absolute atomic E-state index is 11.7. The largest absolute Gasteiger partial charge is 0.396 e. The lowest BCUT2D eigenvalue weighted by Gasteiger charge is -2.47. The van der Waals surface area contributed by atoms with E-state index in [-0.39, 0.29) is 18.4 Å². The van der Waals surface area contributed by atoms with E-state index in [0.717, 1.165) is 25.7 Å². The van der Waals surface area contributed by atoms with Crippen LogP contribution < -0.4 is 0 Å². The molecule has 1 heterocycles. The molecular weight excluding hydrogens is 266 g/mol. The highest BCUT2D eigenvalue weighted by Crippen LogP contribution is 2.38. The average Bonchev–Trinajstić information content (AvgIpc) is 2.40. The molecule has 0 aromatic carbocycles. The Bertz CT molecular complexity index is 332. The summed E-state index contributed by atoms with van der Waals surface area (Å²) in [5.41, 5.74) is -0.850. The third-order valence-corrected chi connectivity index (χ3v) is 5.11. The van der Waals surface area contributed by atoms with Crippen LogP contribution in [0.5, 0.6) is 0 Å². The van der Waals surface area contributed by atoms with Crippen molar-refractivity contribution in [2.45, 2.75) is 65.4 Å². The molecule has 4 heteroatoms. The van der Waals surface area contributed by atoms with Crippen LogP contribution in [-0.4, -0.2) is 46.3 Å². The summed E-state index contributed by atoms with van der Waals surface area (Å²) in [4.78, 5) is 13.4. The van der Waals surface area contributed by atoms with Crippen LogP contribution in [0.4, 0.5) is 0 Å². The molecule has 2 unspecified atom stereocenters. The van der Waals surface area contributed by atoms with Crippen LogP contribution in [0.15, 0.2) is 0 Å². The van der Waals surface area contributed by atoms with Gasteiger partial charge in [-0.25, -0.2) is 0 Å². The highest BCUT2D eigenvalue weighted by molar-refractivity contribution is 5.73. The van der Waals surface area contributed by atoms with E-state index in [1.54, 1.807) is 11.8 Å². The van der Waals surface area contributed by atoms with Crippen molar-refractivity contribution in [1.29, 1.82) is 0 Å². The van der Waals surface area contributed by atoms with Crippen LogP contribution in [0.1, 0.15) is 59.8 Å². The molecule has 0 aromatic rings. The van der Waals surface area contributed by atoms with Gasteiger partial charge in [0.2, 0.25) is 5.91 Å². The number of aliphatic hydroxyl groups excluding tert-OH is 1. The summed E-state index contributed by atoms with van der Waals surface area (Å²) < 4.78 is 0. The number of carbonyl (C=O) groups is 1. The molecule has 4 nitrogen and oxygen atoms in total. The van der Waals surface area contributed by atoms with Crippen molar-refractivity contribution in [2.75, 3.05) is 19.7 Å². The molecule has 2 N–H and O–H groups in total. The average molecular weight is 299 g/mol. The molecule has 124 valence electrons. The van der Waals surface area contributed by atoms with Gasteiger partial charge in [0, 0.05) is 26.6 Å². The first-order chi connectivity index (χ1) is 9.84. The first kappa shape index (κ1) is 18.4. The van der Waals surface area contributed by atoms with Gasteiger partial charge in [-0.15, -0.1) is 0 Å². The number of hydrogen-bond acceptors (Lipinski definition) is 3. The predicted molar refractivity (Wildman–Crippen MR) is 84.9 cm³/mol.